The molecule has 20 heavy (non-hydrogen) atoms. The molecule has 112 valence electrons. The first kappa shape index (κ1) is 15.2. The number of rotatable bonds is 5. The summed E-state index contributed by atoms with van der Waals surface area (Å²) in [6, 6.07) is 7.06. The topological polar surface area (TPSA) is 21.3 Å². The molecule has 2 heteroatoms. The van der Waals surface area contributed by atoms with Crippen LogP contribution in [0.25, 0.3) is 0 Å². The van der Waals surface area contributed by atoms with Crippen LogP contribution >= 0.6 is 0 Å². The molecule has 3 atom stereocenters. The van der Waals surface area contributed by atoms with Gasteiger partial charge in [-0.15, -0.1) is 0 Å². The van der Waals surface area contributed by atoms with Gasteiger partial charge in [-0.25, -0.2) is 0 Å². The van der Waals surface area contributed by atoms with Gasteiger partial charge in [-0.2, -0.15) is 0 Å². The van der Waals surface area contributed by atoms with Gasteiger partial charge < -0.3 is 10.1 Å². The predicted molar refractivity (Wildman–Crippen MR) is 86.6 cm³/mol. The van der Waals surface area contributed by atoms with Crippen molar-refractivity contribution in [1.29, 1.82) is 0 Å². The van der Waals surface area contributed by atoms with Crippen molar-refractivity contribution >= 4 is 5.69 Å². The second kappa shape index (κ2) is 7.01. The van der Waals surface area contributed by atoms with Crippen molar-refractivity contribution in [3.05, 3.63) is 23.8 Å². The fraction of sp³-hybridized carbons (Fsp3) is 0.667. The maximum Gasteiger partial charge on any atom is 0.142 e. The molecule has 0 heterocycles. The molecular formula is C18H29NO. The summed E-state index contributed by atoms with van der Waals surface area (Å²) in [5.74, 6) is 2.62. The number of hydrogen-bond donors (Lipinski definition) is 1. The van der Waals surface area contributed by atoms with E-state index in [1.807, 2.05) is 0 Å². The Kier molecular flexibility index (Phi) is 5.33. The van der Waals surface area contributed by atoms with Crippen LogP contribution in [0.3, 0.4) is 0 Å². The quantitative estimate of drug-likeness (QED) is 0.814. The minimum atomic E-state index is 0.581. The molecule has 0 spiro atoms. The van der Waals surface area contributed by atoms with E-state index in [2.05, 4.69) is 51.2 Å². The van der Waals surface area contributed by atoms with E-state index >= 15 is 0 Å². The van der Waals surface area contributed by atoms with Crippen molar-refractivity contribution in [2.75, 3.05) is 11.9 Å². The van der Waals surface area contributed by atoms with Crippen molar-refractivity contribution in [2.45, 2.75) is 59.4 Å². The third kappa shape index (κ3) is 3.91. The van der Waals surface area contributed by atoms with Crippen LogP contribution in [0.5, 0.6) is 5.75 Å². The lowest BCUT2D eigenvalue weighted by molar-refractivity contribution is 0.275. The molecule has 0 aromatic heterocycles. The van der Waals surface area contributed by atoms with Crippen LogP contribution in [0.4, 0.5) is 5.69 Å². The molecule has 1 N–H and O–H groups in total. The number of nitrogens with one attached hydrogen (secondary N) is 1. The Bertz CT molecular complexity index is 429. The first-order valence-corrected chi connectivity index (χ1v) is 8.10. The third-order valence-electron chi connectivity index (χ3n) is 4.37. The van der Waals surface area contributed by atoms with E-state index in [0.717, 1.165) is 36.3 Å². The van der Waals surface area contributed by atoms with Gasteiger partial charge in [-0.3, -0.25) is 0 Å². The van der Waals surface area contributed by atoms with Crippen LogP contribution in [-0.2, 0) is 0 Å². The Hall–Kier alpha value is -1.18. The van der Waals surface area contributed by atoms with E-state index in [9.17, 15) is 0 Å². The van der Waals surface area contributed by atoms with Gasteiger partial charge in [0.2, 0.25) is 0 Å². The lowest BCUT2D eigenvalue weighted by atomic mass is 9.80. The van der Waals surface area contributed by atoms with E-state index in [1.54, 1.807) is 0 Å². The Morgan fingerprint density at radius 3 is 2.75 bits per heavy atom. The van der Waals surface area contributed by atoms with E-state index < -0.39 is 0 Å². The van der Waals surface area contributed by atoms with Gasteiger partial charge in [0, 0.05) is 6.04 Å². The highest BCUT2D eigenvalue weighted by atomic mass is 16.5. The van der Waals surface area contributed by atoms with Crippen molar-refractivity contribution in [3.8, 4) is 5.75 Å². The molecule has 0 amide bonds. The molecule has 0 radical (unpaired) electrons. The van der Waals surface area contributed by atoms with Crippen LogP contribution in [0.1, 0.15) is 52.0 Å². The highest BCUT2D eigenvalue weighted by Gasteiger charge is 2.25. The van der Waals surface area contributed by atoms with Crippen molar-refractivity contribution < 1.29 is 4.74 Å². The molecular weight excluding hydrogens is 246 g/mol. The molecule has 0 aliphatic heterocycles. The molecule has 2 rings (SSSR count). The smallest absolute Gasteiger partial charge is 0.142 e. The van der Waals surface area contributed by atoms with Gasteiger partial charge in [-0.05, 0) is 62.1 Å². The highest BCUT2D eigenvalue weighted by Crippen LogP contribution is 2.33. The zero-order valence-corrected chi connectivity index (χ0v) is 13.4. The number of hydrogen-bond acceptors (Lipinski definition) is 2. The van der Waals surface area contributed by atoms with Crippen LogP contribution in [0.15, 0.2) is 18.2 Å². The first-order valence-electron chi connectivity index (χ1n) is 8.10. The predicted octanol–water partition coefficient (Wildman–Crippen LogP) is 5.02. The van der Waals surface area contributed by atoms with E-state index in [4.69, 9.17) is 4.74 Å². The van der Waals surface area contributed by atoms with Crippen molar-refractivity contribution in [2.24, 2.45) is 11.8 Å². The normalized spacial score (nSPS) is 26.3. The van der Waals surface area contributed by atoms with Gasteiger partial charge in [0.25, 0.3) is 0 Å². The van der Waals surface area contributed by atoms with Crippen LogP contribution < -0.4 is 10.1 Å². The summed E-state index contributed by atoms with van der Waals surface area (Å²) in [6.07, 6.45) is 4.97. The molecule has 0 saturated heterocycles. The Morgan fingerprint density at radius 1 is 1.25 bits per heavy atom. The van der Waals surface area contributed by atoms with Crippen LogP contribution in [0, 0.1) is 18.8 Å². The first-order chi connectivity index (χ1) is 9.60. The summed E-state index contributed by atoms with van der Waals surface area (Å²) in [5.41, 5.74) is 2.42. The fourth-order valence-corrected chi connectivity index (χ4v) is 3.16. The monoisotopic (exact) mass is 275 g/mol. The average Bonchev–Trinajstić information content (AvgIpc) is 2.41. The maximum atomic E-state index is 5.90. The number of anilines is 1. The summed E-state index contributed by atoms with van der Waals surface area (Å²) in [6.45, 7) is 9.79. The van der Waals surface area contributed by atoms with Gasteiger partial charge in [0.05, 0.1) is 12.3 Å². The molecule has 1 aliphatic carbocycles. The Morgan fingerprint density at radius 2 is 2.05 bits per heavy atom. The van der Waals surface area contributed by atoms with Crippen LogP contribution in [-0.4, -0.2) is 12.6 Å². The lowest BCUT2D eigenvalue weighted by Crippen LogP contribution is -2.33. The zero-order chi connectivity index (χ0) is 14.5. The van der Waals surface area contributed by atoms with E-state index in [-0.39, 0.29) is 0 Å². The summed E-state index contributed by atoms with van der Waals surface area (Å²) < 4.78 is 5.90. The van der Waals surface area contributed by atoms with Crippen molar-refractivity contribution in [1.82, 2.24) is 0 Å². The minimum Gasteiger partial charge on any atom is -0.491 e. The summed E-state index contributed by atoms with van der Waals surface area (Å²) >= 11 is 0. The molecule has 1 aromatic rings. The average molecular weight is 275 g/mol. The Labute approximate surface area is 123 Å². The SMILES string of the molecule is CCCOc1cc(C)ccc1NC1CCC(C)CC1C. The van der Waals surface area contributed by atoms with Crippen LogP contribution in [0.2, 0.25) is 0 Å². The molecule has 2 nitrogen and oxygen atoms in total. The van der Waals surface area contributed by atoms with E-state index in [1.165, 1.54) is 24.8 Å². The molecule has 1 aliphatic rings. The second-order valence-corrected chi connectivity index (χ2v) is 6.49. The fourth-order valence-electron chi connectivity index (χ4n) is 3.16. The zero-order valence-electron chi connectivity index (χ0n) is 13.4. The summed E-state index contributed by atoms with van der Waals surface area (Å²) in [5, 5.41) is 3.73. The lowest BCUT2D eigenvalue weighted by Gasteiger charge is -2.34. The van der Waals surface area contributed by atoms with E-state index in [0.29, 0.717) is 6.04 Å². The molecule has 1 saturated carbocycles. The van der Waals surface area contributed by atoms with Gasteiger partial charge in [-0.1, -0.05) is 26.8 Å². The second-order valence-electron chi connectivity index (χ2n) is 6.49. The summed E-state index contributed by atoms with van der Waals surface area (Å²) in [7, 11) is 0. The van der Waals surface area contributed by atoms with Gasteiger partial charge >= 0.3 is 0 Å². The van der Waals surface area contributed by atoms with Gasteiger partial charge in [0.1, 0.15) is 5.75 Å². The van der Waals surface area contributed by atoms with Crippen molar-refractivity contribution in [3.63, 3.8) is 0 Å². The number of aryl methyl sites for hydroxylation is 1. The number of ether oxygens (including phenoxy) is 1. The molecule has 3 unspecified atom stereocenters. The maximum absolute atomic E-state index is 5.90. The highest BCUT2D eigenvalue weighted by molar-refractivity contribution is 5.58. The molecule has 0 bridgehead atoms. The van der Waals surface area contributed by atoms with Gasteiger partial charge in [0.15, 0.2) is 0 Å². The standard InChI is InChI=1S/C18H29NO/c1-5-10-20-18-12-14(3)7-9-17(18)19-16-8-6-13(2)11-15(16)4/h7,9,12-13,15-16,19H,5-6,8,10-11H2,1-4H3. The summed E-state index contributed by atoms with van der Waals surface area (Å²) in [4.78, 5) is 0. The molecule has 1 aromatic carbocycles. The Balaban J connectivity index is 2.07. The molecule has 1 fully saturated rings. The minimum absolute atomic E-state index is 0.581. The third-order valence-corrected chi connectivity index (χ3v) is 4.37. The number of benzene rings is 1. The largest absolute Gasteiger partial charge is 0.491 e.